The van der Waals surface area contributed by atoms with Crippen molar-refractivity contribution < 1.29 is 28.2 Å². The largest absolute Gasteiger partial charge is 0.493 e. The first-order valence-corrected chi connectivity index (χ1v) is 11.6. The molecule has 1 aliphatic heterocycles. The van der Waals surface area contributed by atoms with Gasteiger partial charge < -0.3 is 9.47 Å². The van der Waals surface area contributed by atoms with Crippen LogP contribution in [0.15, 0.2) is 66.2 Å². The molecule has 7 nitrogen and oxygen atoms in total. The van der Waals surface area contributed by atoms with Crippen LogP contribution < -0.4 is 19.7 Å². The Kier molecular flexibility index (Phi) is 7.37. The number of amides is 4. The van der Waals surface area contributed by atoms with Crippen LogP contribution in [0.5, 0.6) is 11.5 Å². The fourth-order valence-electron chi connectivity index (χ4n) is 3.35. The molecule has 3 aromatic carbocycles. The molecule has 0 unspecified atom stereocenters. The third-order valence-electron chi connectivity index (χ3n) is 5.05. The summed E-state index contributed by atoms with van der Waals surface area (Å²) in [4.78, 5) is 38.5. The Morgan fingerprint density at radius 1 is 1.06 bits per heavy atom. The van der Waals surface area contributed by atoms with Crippen molar-refractivity contribution in [3.8, 4) is 11.5 Å². The third-order valence-corrected chi connectivity index (χ3v) is 6.05. The zero-order valence-electron chi connectivity index (χ0n) is 18.2. The van der Waals surface area contributed by atoms with Gasteiger partial charge in [0.15, 0.2) is 11.5 Å². The second kappa shape index (κ2) is 10.4. The number of hydrogen-bond donors (Lipinski definition) is 1. The Bertz CT molecular complexity index is 1340. The summed E-state index contributed by atoms with van der Waals surface area (Å²) in [5.41, 5.74) is 1.12. The molecule has 178 valence electrons. The van der Waals surface area contributed by atoms with Gasteiger partial charge in [0.2, 0.25) is 0 Å². The molecule has 4 rings (SSSR count). The van der Waals surface area contributed by atoms with E-state index in [1.165, 1.54) is 31.4 Å². The molecule has 10 heteroatoms. The summed E-state index contributed by atoms with van der Waals surface area (Å²) in [5.74, 6) is -1.66. The minimum absolute atomic E-state index is 0.113. The van der Waals surface area contributed by atoms with Gasteiger partial charge in [-0.3, -0.25) is 14.9 Å². The Labute approximate surface area is 218 Å². The smallest absolute Gasteiger partial charge is 0.335 e. The SMILES string of the molecule is COc1cc(/C=C2\C(=O)NC(=O)N(c3ccc(F)cc3)C2=O)cc(Cl)c1OCc1ccc(I)cc1. The molecule has 0 radical (unpaired) electrons. The predicted octanol–water partition coefficient (Wildman–Crippen LogP) is 5.34. The van der Waals surface area contributed by atoms with Crippen LogP contribution in [-0.4, -0.2) is 25.0 Å². The number of carbonyl (C=O) groups is 3. The highest BCUT2D eigenvalue weighted by Gasteiger charge is 2.36. The van der Waals surface area contributed by atoms with Gasteiger partial charge in [0.1, 0.15) is 18.0 Å². The highest BCUT2D eigenvalue weighted by molar-refractivity contribution is 14.1. The Morgan fingerprint density at radius 2 is 1.74 bits per heavy atom. The number of imide groups is 2. The van der Waals surface area contributed by atoms with Gasteiger partial charge in [0.05, 0.1) is 17.8 Å². The summed E-state index contributed by atoms with van der Waals surface area (Å²) >= 11 is 8.65. The van der Waals surface area contributed by atoms with E-state index in [1.54, 1.807) is 6.07 Å². The average molecular weight is 607 g/mol. The number of methoxy groups -OCH3 is 1. The molecule has 0 saturated carbocycles. The van der Waals surface area contributed by atoms with Crippen molar-refractivity contribution in [3.05, 3.63) is 91.8 Å². The highest BCUT2D eigenvalue weighted by Crippen LogP contribution is 2.38. The van der Waals surface area contributed by atoms with Crippen molar-refractivity contribution in [3.63, 3.8) is 0 Å². The summed E-state index contributed by atoms with van der Waals surface area (Å²) in [7, 11) is 1.44. The first-order valence-electron chi connectivity index (χ1n) is 10.2. The maximum atomic E-state index is 13.3. The van der Waals surface area contributed by atoms with Gasteiger partial charge in [-0.25, -0.2) is 14.1 Å². The van der Waals surface area contributed by atoms with Gasteiger partial charge in [-0.1, -0.05) is 23.7 Å². The molecule has 1 saturated heterocycles. The monoisotopic (exact) mass is 606 g/mol. The molecule has 0 aromatic heterocycles. The lowest BCUT2D eigenvalue weighted by Gasteiger charge is -2.26. The lowest BCUT2D eigenvalue weighted by atomic mass is 10.1. The van der Waals surface area contributed by atoms with Crippen molar-refractivity contribution in [1.29, 1.82) is 0 Å². The number of carbonyl (C=O) groups excluding carboxylic acids is 3. The molecule has 1 aliphatic rings. The van der Waals surface area contributed by atoms with E-state index in [1.807, 2.05) is 24.3 Å². The van der Waals surface area contributed by atoms with E-state index in [2.05, 4.69) is 27.9 Å². The fourth-order valence-corrected chi connectivity index (χ4v) is 3.98. The lowest BCUT2D eigenvalue weighted by Crippen LogP contribution is -2.54. The van der Waals surface area contributed by atoms with Gasteiger partial charge in [-0.05, 0) is 88.3 Å². The van der Waals surface area contributed by atoms with Gasteiger partial charge in [-0.15, -0.1) is 0 Å². The van der Waals surface area contributed by atoms with Crippen LogP contribution in [0.4, 0.5) is 14.9 Å². The van der Waals surface area contributed by atoms with Crippen molar-refractivity contribution in [2.75, 3.05) is 12.0 Å². The first-order chi connectivity index (χ1) is 16.8. The number of anilines is 1. The Hall–Kier alpha value is -3.44. The van der Waals surface area contributed by atoms with Gasteiger partial charge in [-0.2, -0.15) is 0 Å². The summed E-state index contributed by atoms with van der Waals surface area (Å²) in [5, 5.41) is 2.32. The quantitative estimate of drug-likeness (QED) is 0.233. The number of hydrogen-bond acceptors (Lipinski definition) is 5. The van der Waals surface area contributed by atoms with Crippen LogP contribution in [0.1, 0.15) is 11.1 Å². The summed E-state index contributed by atoms with van der Waals surface area (Å²) in [6, 6.07) is 14.7. The number of ether oxygens (including phenoxy) is 2. The molecule has 0 atom stereocenters. The Balaban J connectivity index is 1.63. The molecular weight excluding hydrogens is 590 g/mol. The van der Waals surface area contributed by atoms with Crippen LogP contribution >= 0.6 is 34.2 Å². The second-order valence-electron chi connectivity index (χ2n) is 7.38. The molecule has 1 heterocycles. The lowest BCUT2D eigenvalue weighted by molar-refractivity contribution is -0.122. The normalized spacial score (nSPS) is 14.8. The van der Waals surface area contributed by atoms with Crippen molar-refractivity contribution >= 4 is 63.8 Å². The van der Waals surface area contributed by atoms with Crippen molar-refractivity contribution in [1.82, 2.24) is 5.32 Å². The first kappa shape index (κ1) is 24.7. The van der Waals surface area contributed by atoms with E-state index in [-0.39, 0.29) is 22.9 Å². The number of nitrogens with zero attached hydrogens (tertiary/aromatic N) is 1. The average Bonchev–Trinajstić information content (AvgIpc) is 2.83. The summed E-state index contributed by atoms with van der Waals surface area (Å²) in [6.07, 6.45) is 1.29. The van der Waals surface area contributed by atoms with E-state index in [9.17, 15) is 18.8 Å². The van der Waals surface area contributed by atoms with E-state index < -0.39 is 23.7 Å². The van der Waals surface area contributed by atoms with Crippen LogP contribution in [0.25, 0.3) is 6.08 Å². The summed E-state index contributed by atoms with van der Waals surface area (Å²) < 4.78 is 25.6. The molecule has 0 spiro atoms. The zero-order valence-corrected chi connectivity index (χ0v) is 21.1. The van der Waals surface area contributed by atoms with Crippen LogP contribution in [0, 0.1) is 9.39 Å². The molecular formula is C25H17ClFIN2O5. The number of halogens is 3. The highest BCUT2D eigenvalue weighted by atomic mass is 127. The number of nitrogens with one attached hydrogen (secondary N) is 1. The summed E-state index contributed by atoms with van der Waals surface area (Å²) in [6.45, 7) is 0.253. The number of urea groups is 1. The topological polar surface area (TPSA) is 84.9 Å². The van der Waals surface area contributed by atoms with Gasteiger partial charge >= 0.3 is 6.03 Å². The van der Waals surface area contributed by atoms with Crippen LogP contribution in [0.2, 0.25) is 5.02 Å². The fraction of sp³-hybridized carbons (Fsp3) is 0.0800. The maximum absolute atomic E-state index is 13.3. The van der Waals surface area contributed by atoms with Gasteiger partial charge in [0.25, 0.3) is 11.8 Å². The molecule has 1 N–H and O–H groups in total. The maximum Gasteiger partial charge on any atom is 0.335 e. The van der Waals surface area contributed by atoms with E-state index in [0.717, 1.165) is 26.2 Å². The third kappa shape index (κ3) is 5.46. The molecule has 35 heavy (non-hydrogen) atoms. The minimum Gasteiger partial charge on any atom is -0.493 e. The molecule has 0 bridgehead atoms. The molecule has 3 aromatic rings. The Morgan fingerprint density at radius 3 is 2.40 bits per heavy atom. The van der Waals surface area contributed by atoms with Gasteiger partial charge in [0, 0.05) is 3.57 Å². The minimum atomic E-state index is -0.932. The predicted molar refractivity (Wildman–Crippen MR) is 137 cm³/mol. The zero-order chi connectivity index (χ0) is 25.1. The molecule has 0 aliphatic carbocycles. The van der Waals surface area contributed by atoms with E-state index >= 15 is 0 Å². The van der Waals surface area contributed by atoms with Crippen molar-refractivity contribution in [2.24, 2.45) is 0 Å². The standard InChI is InChI=1S/C25H17ClFIN2O5/c1-34-21-12-15(11-20(26)22(21)35-13-14-2-6-17(28)7-3-14)10-19-23(31)29-25(33)30(24(19)32)18-8-4-16(27)5-9-18/h2-12H,13H2,1H3,(H,29,31,33)/b19-10+. The van der Waals surface area contributed by atoms with E-state index in [0.29, 0.717) is 17.1 Å². The number of rotatable bonds is 6. The number of benzene rings is 3. The number of barbiturate groups is 1. The van der Waals surface area contributed by atoms with Crippen LogP contribution in [0.3, 0.4) is 0 Å². The van der Waals surface area contributed by atoms with Crippen LogP contribution in [-0.2, 0) is 16.2 Å². The molecule has 1 fully saturated rings. The molecule has 4 amide bonds. The van der Waals surface area contributed by atoms with E-state index in [4.69, 9.17) is 21.1 Å². The second-order valence-corrected chi connectivity index (χ2v) is 9.04. The van der Waals surface area contributed by atoms with Crippen molar-refractivity contribution in [2.45, 2.75) is 6.61 Å².